The number of hydrogen-bond donors (Lipinski definition) is 2. The zero-order valence-corrected chi connectivity index (χ0v) is 15.7. The summed E-state index contributed by atoms with van der Waals surface area (Å²) >= 11 is 0. The van der Waals surface area contributed by atoms with E-state index in [9.17, 15) is 14.4 Å². The lowest BCUT2D eigenvalue weighted by Crippen LogP contribution is -2.30. The number of tetrazole rings is 1. The summed E-state index contributed by atoms with van der Waals surface area (Å²) in [6.07, 6.45) is 0.430. The largest absolute Gasteiger partial charge is 0.449 e. The molecule has 0 spiro atoms. The van der Waals surface area contributed by atoms with Gasteiger partial charge in [0.25, 0.3) is 5.91 Å². The van der Waals surface area contributed by atoms with Crippen molar-refractivity contribution in [1.82, 2.24) is 20.2 Å². The molecule has 10 heteroatoms. The predicted octanol–water partition coefficient (Wildman–Crippen LogP) is 1.80. The van der Waals surface area contributed by atoms with E-state index in [2.05, 4.69) is 26.2 Å². The molecule has 148 valence electrons. The number of amides is 2. The van der Waals surface area contributed by atoms with Crippen LogP contribution >= 0.6 is 0 Å². The van der Waals surface area contributed by atoms with Gasteiger partial charge in [0.15, 0.2) is 6.10 Å². The Morgan fingerprint density at radius 3 is 2.14 bits per heavy atom. The van der Waals surface area contributed by atoms with Gasteiger partial charge in [-0.25, -0.2) is 9.48 Å². The minimum Gasteiger partial charge on any atom is -0.449 e. The van der Waals surface area contributed by atoms with Crippen LogP contribution in [0.2, 0.25) is 0 Å². The van der Waals surface area contributed by atoms with Crippen molar-refractivity contribution in [3.63, 3.8) is 0 Å². The van der Waals surface area contributed by atoms with Crippen LogP contribution in [0.4, 0.5) is 11.4 Å². The third kappa shape index (κ3) is 5.22. The standard InChI is InChI=1S/C19H18N6O4/c1-12(18(27)22-16-7-5-15(6-8-16)21-13(2)26)29-19(28)14-3-9-17(10-4-14)25-11-20-23-24-25/h3-12H,1-2H3,(H,21,26)(H,22,27)/t12-/m1/s1. The SMILES string of the molecule is CC(=O)Nc1ccc(NC(=O)[C@@H](C)OC(=O)c2ccc(-n3cnnn3)cc2)cc1. The van der Waals surface area contributed by atoms with E-state index in [1.807, 2.05) is 0 Å². The second-order valence-corrected chi connectivity index (χ2v) is 6.10. The zero-order valence-electron chi connectivity index (χ0n) is 15.7. The molecule has 2 amide bonds. The van der Waals surface area contributed by atoms with E-state index in [4.69, 9.17) is 4.74 Å². The Morgan fingerprint density at radius 1 is 0.966 bits per heavy atom. The van der Waals surface area contributed by atoms with E-state index in [0.717, 1.165) is 0 Å². The molecular formula is C19H18N6O4. The lowest BCUT2D eigenvalue weighted by atomic mass is 10.2. The van der Waals surface area contributed by atoms with Crippen molar-refractivity contribution in [3.05, 3.63) is 60.4 Å². The molecule has 1 atom stereocenters. The molecule has 0 radical (unpaired) electrons. The maximum Gasteiger partial charge on any atom is 0.338 e. The van der Waals surface area contributed by atoms with Crippen LogP contribution in [-0.2, 0) is 14.3 Å². The van der Waals surface area contributed by atoms with E-state index in [0.29, 0.717) is 22.6 Å². The fraction of sp³-hybridized carbons (Fsp3) is 0.158. The molecule has 29 heavy (non-hydrogen) atoms. The van der Waals surface area contributed by atoms with E-state index in [-0.39, 0.29) is 5.91 Å². The molecule has 0 aliphatic heterocycles. The fourth-order valence-corrected chi connectivity index (χ4v) is 2.40. The number of carbonyl (C=O) groups excluding carboxylic acids is 3. The summed E-state index contributed by atoms with van der Waals surface area (Å²) in [7, 11) is 0. The predicted molar refractivity (Wildman–Crippen MR) is 103 cm³/mol. The lowest BCUT2D eigenvalue weighted by molar-refractivity contribution is -0.123. The van der Waals surface area contributed by atoms with Crippen LogP contribution in [0.15, 0.2) is 54.9 Å². The number of nitrogens with one attached hydrogen (secondary N) is 2. The summed E-state index contributed by atoms with van der Waals surface area (Å²) in [5.74, 6) is -1.29. The summed E-state index contributed by atoms with van der Waals surface area (Å²) in [5.41, 5.74) is 2.10. The number of rotatable bonds is 6. The highest BCUT2D eigenvalue weighted by atomic mass is 16.5. The van der Waals surface area contributed by atoms with Crippen molar-refractivity contribution in [2.24, 2.45) is 0 Å². The van der Waals surface area contributed by atoms with Crippen LogP contribution in [0.1, 0.15) is 24.2 Å². The normalized spacial score (nSPS) is 11.4. The fourth-order valence-electron chi connectivity index (χ4n) is 2.40. The molecule has 3 aromatic rings. The van der Waals surface area contributed by atoms with Gasteiger partial charge in [-0.2, -0.15) is 0 Å². The van der Waals surface area contributed by atoms with Crippen molar-refractivity contribution in [2.75, 3.05) is 10.6 Å². The lowest BCUT2D eigenvalue weighted by Gasteiger charge is -2.14. The van der Waals surface area contributed by atoms with Crippen LogP contribution in [0.25, 0.3) is 5.69 Å². The maximum atomic E-state index is 12.3. The van der Waals surface area contributed by atoms with Gasteiger partial charge in [0.05, 0.1) is 11.3 Å². The first-order valence-corrected chi connectivity index (χ1v) is 8.65. The Morgan fingerprint density at radius 2 is 1.59 bits per heavy atom. The van der Waals surface area contributed by atoms with E-state index in [1.165, 1.54) is 24.9 Å². The van der Waals surface area contributed by atoms with Crippen LogP contribution in [0.3, 0.4) is 0 Å². The van der Waals surface area contributed by atoms with Gasteiger partial charge in [-0.15, -0.1) is 5.10 Å². The van der Waals surface area contributed by atoms with Crippen LogP contribution in [0.5, 0.6) is 0 Å². The molecule has 1 aromatic heterocycles. The summed E-state index contributed by atoms with van der Waals surface area (Å²) in [6.45, 7) is 2.89. The molecule has 2 aromatic carbocycles. The molecule has 0 fully saturated rings. The number of nitrogens with zero attached hydrogens (tertiary/aromatic N) is 4. The van der Waals surface area contributed by atoms with E-state index < -0.39 is 18.0 Å². The van der Waals surface area contributed by atoms with E-state index in [1.54, 1.807) is 48.5 Å². The summed E-state index contributed by atoms with van der Waals surface area (Å²) in [6, 6.07) is 13.0. The van der Waals surface area contributed by atoms with Crippen molar-refractivity contribution >= 4 is 29.2 Å². The number of anilines is 2. The highest BCUT2D eigenvalue weighted by molar-refractivity contribution is 5.97. The van der Waals surface area contributed by atoms with E-state index >= 15 is 0 Å². The van der Waals surface area contributed by atoms with Gasteiger partial charge in [0.2, 0.25) is 5.91 Å². The highest BCUT2D eigenvalue weighted by Gasteiger charge is 2.19. The van der Waals surface area contributed by atoms with Crippen molar-refractivity contribution in [2.45, 2.75) is 20.0 Å². The number of benzene rings is 2. The third-order valence-corrected chi connectivity index (χ3v) is 3.84. The van der Waals surface area contributed by atoms with Crippen LogP contribution < -0.4 is 10.6 Å². The Bertz CT molecular complexity index is 1000. The molecule has 10 nitrogen and oxygen atoms in total. The molecule has 0 aliphatic rings. The molecule has 2 N–H and O–H groups in total. The average Bonchev–Trinajstić information content (AvgIpc) is 3.24. The summed E-state index contributed by atoms with van der Waals surface area (Å²) < 4.78 is 6.67. The molecule has 1 heterocycles. The Hall–Kier alpha value is -4.08. The van der Waals surface area contributed by atoms with Gasteiger partial charge >= 0.3 is 5.97 Å². The maximum absolute atomic E-state index is 12.3. The van der Waals surface area contributed by atoms with Crippen molar-refractivity contribution in [1.29, 1.82) is 0 Å². The Labute approximate surface area is 165 Å². The van der Waals surface area contributed by atoms with Crippen molar-refractivity contribution < 1.29 is 19.1 Å². The van der Waals surface area contributed by atoms with Crippen LogP contribution in [0, 0.1) is 0 Å². The topological polar surface area (TPSA) is 128 Å². The van der Waals surface area contributed by atoms with Gasteiger partial charge in [-0.1, -0.05) is 0 Å². The molecule has 0 aliphatic carbocycles. The number of esters is 1. The second kappa shape index (κ2) is 8.74. The molecule has 0 saturated heterocycles. The Balaban J connectivity index is 1.56. The Kier molecular flexibility index (Phi) is 5.93. The average molecular weight is 394 g/mol. The van der Waals surface area contributed by atoms with Crippen LogP contribution in [-0.4, -0.2) is 44.1 Å². The summed E-state index contributed by atoms with van der Waals surface area (Å²) in [4.78, 5) is 35.6. The third-order valence-electron chi connectivity index (χ3n) is 3.84. The zero-order chi connectivity index (χ0) is 20.8. The highest BCUT2D eigenvalue weighted by Crippen LogP contribution is 2.15. The molecule has 0 bridgehead atoms. The smallest absolute Gasteiger partial charge is 0.338 e. The van der Waals surface area contributed by atoms with Crippen molar-refractivity contribution in [3.8, 4) is 5.69 Å². The quantitative estimate of drug-likeness (QED) is 0.610. The first kappa shape index (κ1) is 19.7. The van der Waals surface area contributed by atoms with Gasteiger partial charge in [0.1, 0.15) is 6.33 Å². The molecule has 3 rings (SSSR count). The number of aromatic nitrogens is 4. The van der Waals surface area contributed by atoms with Gasteiger partial charge in [-0.05, 0) is 65.9 Å². The summed E-state index contributed by atoms with van der Waals surface area (Å²) in [5, 5.41) is 16.1. The number of hydrogen-bond acceptors (Lipinski definition) is 7. The number of carbonyl (C=O) groups is 3. The van der Waals surface area contributed by atoms with Gasteiger partial charge in [-0.3, -0.25) is 9.59 Å². The first-order valence-electron chi connectivity index (χ1n) is 8.65. The molecule has 0 unspecified atom stereocenters. The molecule has 0 saturated carbocycles. The minimum atomic E-state index is -1.00. The minimum absolute atomic E-state index is 0.187. The monoisotopic (exact) mass is 394 g/mol. The van der Waals surface area contributed by atoms with Gasteiger partial charge < -0.3 is 15.4 Å². The van der Waals surface area contributed by atoms with Gasteiger partial charge in [0, 0.05) is 18.3 Å². The second-order valence-electron chi connectivity index (χ2n) is 6.10. The molecular weight excluding hydrogens is 376 g/mol. The first-order chi connectivity index (χ1) is 13.9. The number of ether oxygens (including phenoxy) is 1.